The van der Waals surface area contributed by atoms with Crippen LogP contribution in [-0.2, 0) is 17.8 Å². The number of rotatable bonds is 4. The SMILES string of the molecule is CC1CCCN(C(=O)Cn2cc(CCN)nn2)C1. The van der Waals surface area contributed by atoms with Gasteiger partial charge in [0, 0.05) is 25.7 Å². The molecule has 0 spiro atoms. The average molecular weight is 251 g/mol. The summed E-state index contributed by atoms with van der Waals surface area (Å²) >= 11 is 0. The Morgan fingerprint density at radius 2 is 2.44 bits per heavy atom. The molecule has 1 aromatic rings. The van der Waals surface area contributed by atoms with Crippen molar-refractivity contribution in [3.05, 3.63) is 11.9 Å². The third-order valence-electron chi connectivity index (χ3n) is 3.29. The summed E-state index contributed by atoms with van der Waals surface area (Å²) < 4.78 is 1.60. The number of hydrogen-bond donors (Lipinski definition) is 1. The zero-order chi connectivity index (χ0) is 13.0. The Morgan fingerprint density at radius 1 is 1.61 bits per heavy atom. The van der Waals surface area contributed by atoms with E-state index < -0.39 is 0 Å². The van der Waals surface area contributed by atoms with E-state index in [0.717, 1.165) is 25.2 Å². The summed E-state index contributed by atoms with van der Waals surface area (Å²) in [5.41, 5.74) is 6.30. The van der Waals surface area contributed by atoms with Crippen molar-refractivity contribution >= 4 is 5.91 Å². The maximum atomic E-state index is 12.1. The van der Waals surface area contributed by atoms with Gasteiger partial charge < -0.3 is 10.6 Å². The lowest BCUT2D eigenvalue weighted by Crippen LogP contribution is -2.40. The van der Waals surface area contributed by atoms with Crippen LogP contribution in [-0.4, -0.2) is 45.4 Å². The number of aromatic nitrogens is 3. The van der Waals surface area contributed by atoms with Gasteiger partial charge in [0.15, 0.2) is 0 Å². The van der Waals surface area contributed by atoms with E-state index in [-0.39, 0.29) is 12.5 Å². The summed E-state index contributed by atoms with van der Waals surface area (Å²) in [6.07, 6.45) is 4.82. The van der Waals surface area contributed by atoms with Gasteiger partial charge in [0.2, 0.25) is 5.91 Å². The molecule has 0 bridgehead atoms. The van der Waals surface area contributed by atoms with Crippen LogP contribution in [0.5, 0.6) is 0 Å². The molecule has 2 N–H and O–H groups in total. The van der Waals surface area contributed by atoms with Crippen molar-refractivity contribution < 1.29 is 4.79 Å². The number of piperidine rings is 1. The van der Waals surface area contributed by atoms with Crippen molar-refractivity contribution in [3.8, 4) is 0 Å². The van der Waals surface area contributed by atoms with E-state index in [0.29, 0.717) is 18.9 Å². The molecule has 2 heterocycles. The zero-order valence-electron chi connectivity index (χ0n) is 10.9. The third-order valence-corrected chi connectivity index (χ3v) is 3.29. The van der Waals surface area contributed by atoms with Crippen LogP contribution >= 0.6 is 0 Å². The first-order chi connectivity index (χ1) is 8.69. The van der Waals surface area contributed by atoms with Gasteiger partial charge in [-0.15, -0.1) is 5.10 Å². The largest absolute Gasteiger partial charge is 0.341 e. The Labute approximate surface area is 107 Å². The molecule has 1 unspecified atom stereocenters. The fourth-order valence-corrected chi connectivity index (χ4v) is 2.33. The number of likely N-dealkylation sites (tertiary alicyclic amines) is 1. The maximum Gasteiger partial charge on any atom is 0.244 e. The van der Waals surface area contributed by atoms with Crippen molar-refractivity contribution in [2.75, 3.05) is 19.6 Å². The summed E-state index contributed by atoms with van der Waals surface area (Å²) in [6, 6.07) is 0. The van der Waals surface area contributed by atoms with Gasteiger partial charge in [-0.05, 0) is 25.3 Å². The summed E-state index contributed by atoms with van der Waals surface area (Å²) in [5, 5.41) is 7.93. The highest BCUT2D eigenvalue weighted by molar-refractivity contribution is 5.76. The molecule has 100 valence electrons. The van der Waals surface area contributed by atoms with Crippen LogP contribution in [0.2, 0.25) is 0 Å². The molecule has 1 atom stereocenters. The molecule has 6 nitrogen and oxygen atoms in total. The number of nitrogens with zero attached hydrogens (tertiary/aromatic N) is 4. The van der Waals surface area contributed by atoms with E-state index in [4.69, 9.17) is 5.73 Å². The first-order valence-corrected chi connectivity index (χ1v) is 6.56. The Bertz CT molecular complexity index is 403. The normalized spacial score (nSPS) is 20.1. The first-order valence-electron chi connectivity index (χ1n) is 6.56. The lowest BCUT2D eigenvalue weighted by atomic mass is 10.0. The van der Waals surface area contributed by atoms with Crippen molar-refractivity contribution in [1.29, 1.82) is 0 Å². The van der Waals surface area contributed by atoms with E-state index in [2.05, 4.69) is 17.2 Å². The summed E-state index contributed by atoms with van der Waals surface area (Å²) in [6.45, 7) is 4.76. The van der Waals surface area contributed by atoms with Gasteiger partial charge in [0.05, 0.1) is 5.69 Å². The quantitative estimate of drug-likeness (QED) is 0.819. The van der Waals surface area contributed by atoms with E-state index in [9.17, 15) is 4.79 Å². The Morgan fingerprint density at radius 3 is 3.17 bits per heavy atom. The fourth-order valence-electron chi connectivity index (χ4n) is 2.33. The van der Waals surface area contributed by atoms with Gasteiger partial charge in [-0.2, -0.15) is 0 Å². The second-order valence-electron chi connectivity index (χ2n) is 5.03. The van der Waals surface area contributed by atoms with Crippen molar-refractivity contribution in [1.82, 2.24) is 19.9 Å². The van der Waals surface area contributed by atoms with E-state index in [1.54, 1.807) is 10.9 Å². The van der Waals surface area contributed by atoms with Crippen LogP contribution in [0.25, 0.3) is 0 Å². The molecule has 18 heavy (non-hydrogen) atoms. The van der Waals surface area contributed by atoms with Gasteiger partial charge in [0.25, 0.3) is 0 Å². The Kier molecular flexibility index (Phi) is 4.30. The van der Waals surface area contributed by atoms with E-state index >= 15 is 0 Å². The number of carbonyl (C=O) groups is 1. The molecule has 1 aliphatic rings. The Balaban J connectivity index is 1.89. The second kappa shape index (κ2) is 5.95. The zero-order valence-corrected chi connectivity index (χ0v) is 10.9. The van der Waals surface area contributed by atoms with E-state index in [1.807, 2.05) is 4.90 Å². The molecule has 1 aromatic heterocycles. The minimum absolute atomic E-state index is 0.130. The van der Waals surface area contributed by atoms with Gasteiger partial charge in [-0.1, -0.05) is 12.1 Å². The molecule has 1 fully saturated rings. The average Bonchev–Trinajstić information content (AvgIpc) is 2.77. The van der Waals surface area contributed by atoms with Crippen LogP contribution in [0.4, 0.5) is 0 Å². The maximum absolute atomic E-state index is 12.1. The lowest BCUT2D eigenvalue weighted by Gasteiger charge is -2.30. The fraction of sp³-hybridized carbons (Fsp3) is 0.750. The minimum atomic E-state index is 0.130. The number of nitrogens with two attached hydrogens (primary N) is 1. The number of carbonyl (C=O) groups excluding carboxylic acids is 1. The first kappa shape index (κ1) is 13.0. The topological polar surface area (TPSA) is 77.0 Å². The Hall–Kier alpha value is -1.43. The van der Waals surface area contributed by atoms with Crippen LogP contribution in [0, 0.1) is 5.92 Å². The lowest BCUT2D eigenvalue weighted by molar-refractivity contribution is -0.133. The molecule has 0 radical (unpaired) electrons. The number of amides is 1. The number of hydrogen-bond acceptors (Lipinski definition) is 4. The molecule has 2 rings (SSSR count). The molecule has 0 aliphatic carbocycles. The van der Waals surface area contributed by atoms with Crippen LogP contribution < -0.4 is 5.73 Å². The molecule has 0 saturated carbocycles. The van der Waals surface area contributed by atoms with Gasteiger partial charge in [-0.25, -0.2) is 4.68 Å². The smallest absolute Gasteiger partial charge is 0.244 e. The highest BCUT2D eigenvalue weighted by Crippen LogP contribution is 2.15. The summed E-state index contributed by atoms with van der Waals surface area (Å²) in [7, 11) is 0. The van der Waals surface area contributed by atoms with Gasteiger partial charge in [0.1, 0.15) is 6.54 Å². The van der Waals surface area contributed by atoms with Crippen LogP contribution in [0.1, 0.15) is 25.5 Å². The van der Waals surface area contributed by atoms with Crippen LogP contribution in [0.3, 0.4) is 0 Å². The van der Waals surface area contributed by atoms with Crippen molar-refractivity contribution in [2.45, 2.75) is 32.7 Å². The standard InChI is InChI=1S/C12H21N5O/c1-10-3-2-6-16(7-10)12(18)9-17-8-11(4-5-13)14-15-17/h8,10H,2-7,9,13H2,1H3. The molecular weight excluding hydrogens is 230 g/mol. The monoisotopic (exact) mass is 251 g/mol. The highest BCUT2D eigenvalue weighted by atomic mass is 16.2. The summed E-state index contributed by atoms with van der Waals surface area (Å²) in [4.78, 5) is 14.0. The minimum Gasteiger partial charge on any atom is -0.341 e. The third kappa shape index (κ3) is 3.29. The predicted molar refractivity (Wildman–Crippen MR) is 67.8 cm³/mol. The van der Waals surface area contributed by atoms with Gasteiger partial charge in [-0.3, -0.25) is 4.79 Å². The second-order valence-corrected chi connectivity index (χ2v) is 5.03. The molecule has 1 aliphatic heterocycles. The molecule has 1 amide bonds. The molecule has 6 heteroatoms. The van der Waals surface area contributed by atoms with E-state index in [1.165, 1.54) is 6.42 Å². The van der Waals surface area contributed by atoms with Crippen molar-refractivity contribution in [2.24, 2.45) is 11.7 Å². The molecule has 0 aromatic carbocycles. The van der Waals surface area contributed by atoms with Crippen molar-refractivity contribution in [3.63, 3.8) is 0 Å². The van der Waals surface area contributed by atoms with Gasteiger partial charge >= 0.3 is 0 Å². The molecule has 1 saturated heterocycles. The highest BCUT2D eigenvalue weighted by Gasteiger charge is 2.21. The molecular formula is C12H21N5O. The summed E-state index contributed by atoms with van der Waals surface area (Å²) in [5.74, 6) is 0.733. The predicted octanol–water partition coefficient (Wildman–Crippen LogP) is 0.0378. The van der Waals surface area contributed by atoms with Crippen LogP contribution in [0.15, 0.2) is 6.20 Å².